The van der Waals surface area contributed by atoms with Crippen LogP contribution in [0.4, 0.5) is 5.69 Å². The molecule has 1 aliphatic rings. The standard InChI is InChI=1S/C13H14N4O/c18-13(11-8-15-9-16-11)17-6-5-14-7-10-3-1-2-4-12(10)17/h1-4,8-9,14H,5-7H2,(H,15,16). The molecular weight excluding hydrogens is 228 g/mol. The van der Waals surface area contributed by atoms with Crippen LogP contribution in [0.25, 0.3) is 0 Å². The first-order valence-electron chi connectivity index (χ1n) is 5.95. The molecule has 2 heterocycles. The maximum Gasteiger partial charge on any atom is 0.276 e. The summed E-state index contributed by atoms with van der Waals surface area (Å²) in [6.07, 6.45) is 3.08. The zero-order valence-corrected chi connectivity index (χ0v) is 9.89. The van der Waals surface area contributed by atoms with Crippen molar-refractivity contribution in [3.05, 3.63) is 48.0 Å². The molecule has 1 aromatic heterocycles. The number of fused-ring (bicyclic) bond motifs is 1. The Labute approximate surface area is 105 Å². The smallest absolute Gasteiger partial charge is 0.276 e. The van der Waals surface area contributed by atoms with Gasteiger partial charge in [-0.3, -0.25) is 4.79 Å². The van der Waals surface area contributed by atoms with Crippen molar-refractivity contribution in [2.75, 3.05) is 18.0 Å². The lowest BCUT2D eigenvalue weighted by atomic mass is 10.1. The average Bonchev–Trinajstić information content (AvgIpc) is 2.85. The molecule has 0 saturated carbocycles. The normalized spacial score (nSPS) is 15.0. The maximum absolute atomic E-state index is 12.4. The Morgan fingerprint density at radius 2 is 2.22 bits per heavy atom. The molecule has 0 aliphatic carbocycles. The van der Waals surface area contributed by atoms with Gasteiger partial charge >= 0.3 is 0 Å². The Bertz CT molecular complexity index is 550. The number of nitrogens with zero attached hydrogens (tertiary/aromatic N) is 2. The van der Waals surface area contributed by atoms with E-state index >= 15 is 0 Å². The van der Waals surface area contributed by atoms with E-state index in [1.807, 2.05) is 24.3 Å². The van der Waals surface area contributed by atoms with Gasteiger partial charge in [-0.15, -0.1) is 0 Å². The lowest BCUT2D eigenvalue weighted by Gasteiger charge is -2.21. The number of nitrogens with one attached hydrogen (secondary N) is 2. The number of carbonyl (C=O) groups excluding carboxylic acids is 1. The predicted molar refractivity (Wildman–Crippen MR) is 68.4 cm³/mol. The van der Waals surface area contributed by atoms with Gasteiger partial charge in [-0.25, -0.2) is 4.98 Å². The van der Waals surface area contributed by atoms with Crippen molar-refractivity contribution in [1.82, 2.24) is 15.3 Å². The van der Waals surface area contributed by atoms with Crippen molar-refractivity contribution in [3.63, 3.8) is 0 Å². The van der Waals surface area contributed by atoms with Gasteiger partial charge in [0.2, 0.25) is 0 Å². The van der Waals surface area contributed by atoms with Gasteiger partial charge in [-0.1, -0.05) is 18.2 Å². The summed E-state index contributed by atoms with van der Waals surface area (Å²) in [4.78, 5) is 21.0. The van der Waals surface area contributed by atoms with E-state index in [0.29, 0.717) is 12.2 Å². The molecule has 1 amide bonds. The quantitative estimate of drug-likeness (QED) is 0.789. The highest BCUT2D eigenvalue weighted by atomic mass is 16.2. The molecule has 0 unspecified atom stereocenters. The number of hydrogen-bond donors (Lipinski definition) is 2. The molecule has 2 aromatic rings. The van der Waals surface area contributed by atoms with Crippen LogP contribution in [0.1, 0.15) is 16.1 Å². The van der Waals surface area contributed by atoms with Crippen molar-refractivity contribution >= 4 is 11.6 Å². The summed E-state index contributed by atoms with van der Waals surface area (Å²) in [6.45, 7) is 2.24. The summed E-state index contributed by atoms with van der Waals surface area (Å²) in [7, 11) is 0. The predicted octanol–water partition coefficient (Wildman–Crippen LogP) is 1.16. The number of carbonyl (C=O) groups is 1. The van der Waals surface area contributed by atoms with Gasteiger partial charge < -0.3 is 15.2 Å². The number of H-pyrrole nitrogens is 1. The monoisotopic (exact) mass is 242 g/mol. The van der Waals surface area contributed by atoms with E-state index in [-0.39, 0.29) is 5.91 Å². The first kappa shape index (κ1) is 11.0. The molecule has 5 heteroatoms. The summed E-state index contributed by atoms with van der Waals surface area (Å²) < 4.78 is 0. The van der Waals surface area contributed by atoms with Crippen LogP contribution in [0.5, 0.6) is 0 Å². The third-order valence-corrected chi connectivity index (χ3v) is 3.08. The number of para-hydroxylation sites is 1. The Hall–Kier alpha value is -2.14. The fourth-order valence-electron chi connectivity index (χ4n) is 2.19. The third-order valence-electron chi connectivity index (χ3n) is 3.08. The average molecular weight is 242 g/mol. The minimum atomic E-state index is -0.0383. The molecule has 5 nitrogen and oxygen atoms in total. The molecule has 0 bridgehead atoms. The van der Waals surface area contributed by atoms with Crippen molar-refractivity contribution < 1.29 is 4.79 Å². The molecule has 0 fully saturated rings. The van der Waals surface area contributed by atoms with Crippen LogP contribution in [-0.4, -0.2) is 29.0 Å². The second-order valence-electron chi connectivity index (χ2n) is 4.23. The Morgan fingerprint density at radius 1 is 1.33 bits per heavy atom. The van der Waals surface area contributed by atoms with E-state index in [4.69, 9.17) is 0 Å². The van der Waals surface area contributed by atoms with E-state index in [2.05, 4.69) is 15.3 Å². The molecule has 92 valence electrons. The largest absolute Gasteiger partial charge is 0.341 e. The van der Waals surface area contributed by atoms with Crippen molar-refractivity contribution in [2.45, 2.75) is 6.54 Å². The Balaban J connectivity index is 1.99. The number of aromatic amines is 1. The second-order valence-corrected chi connectivity index (χ2v) is 4.23. The van der Waals surface area contributed by atoms with Crippen LogP contribution in [0.15, 0.2) is 36.8 Å². The summed E-state index contributed by atoms with van der Waals surface area (Å²) in [5, 5.41) is 3.31. The first-order chi connectivity index (χ1) is 8.86. The molecule has 0 atom stereocenters. The third kappa shape index (κ3) is 1.89. The van der Waals surface area contributed by atoms with Gasteiger partial charge in [-0.05, 0) is 11.6 Å². The molecular formula is C13H14N4O. The number of anilines is 1. The van der Waals surface area contributed by atoms with Crippen LogP contribution in [-0.2, 0) is 6.54 Å². The lowest BCUT2D eigenvalue weighted by molar-refractivity contribution is 0.0983. The summed E-state index contributed by atoms with van der Waals surface area (Å²) >= 11 is 0. The number of rotatable bonds is 1. The van der Waals surface area contributed by atoms with Gasteiger partial charge in [0, 0.05) is 25.3 Å². The molecule has 3 rings (SSSR count). The van der Waals surface area contributed by atoms with Gasteiger partial charge in [0.15, 0.2) is 0 Å². The molecule has 18 heavy (non-hydrogen) atoms. The topological polar surface area (TPSA) is 61.0 Å². The fourth-order valence-corrected chi connectivity index (χ4v) is 2.19. The Morgan fingerprint density at radius 3 is 3.06 bits per heavy atom. The molecule has 0 saturated heterocycles. The number of benzene rings is 1. The van der Waals surface area contributed by atoms with Crippen LogP contribution >= 0.6 is 0 Å². The minimum Gasteiger partial charge on any atom is -0.341 e. The first-order valence-corrected chi connectivity index (χ1v) is 5.95. The zero-order chi connectivity index (χ0) is 12.4. The lowest BCUT2D eigenvalue weighted by Crippen LogP contribution is -2.34. The number of imidazole rings is 1. The fraction of sp³-hybridized carbons (Fsp3) is 0.231. The van der Waals surface area contributed by atoms with Crippen molar-refractivity contribution in [3.8, 4) is 0 Å². The Kier molecular flexibility index (Phi) is 2.82. The van der Waals surface area contributed by atoms with Gasteiger partial charge in [0.25, 0.3) is 5.91 Å². The molecule has 1 aliphatic heterocycles. The minimum absolute atomic E-state index is 0.0383. The van der Waals surface area contributed by atoms with E-state index in [9.17, 15) is 4.79 Å². The summed E-state index contributed by atoms with van der Waals surface area (Å²) in [5.74, 6) is -0.0383. The van der Waals surface area contributed by atoms with E-state index in [0.717, 1.165) is 24.3 Å². The molecule has 0 spiro atoms. The van der Waals surface area contributed by atoms with Gasteiger partial charge in [0.05, 0.1) is 12.5 Å². The van der Waals surface area contributed by atoms with E-state index in [1.54, 1.807) is 11.1 Å². The zero-order valence-electron chi connectivity index (χ0n) is 9.89. The number of amides is 1. The highest BCUT2D eigenvalue weighted by molar-refractivity contribution is 6.05. The maximum atomic E-state index is 12.4. The van der Waals surface area contributed by atoms with E-state index < -0.39 is 0 Å². The number of hydrogen-bond acceptors (Lipinski definition) is 3. The highest BCUT2D eigenvalue weighted by Gasteiger charge is 2.22. The van der Waals surface area contributed by atoms with Gasteiger partial charge in [0.1, 0.15) is 5.69 Å². The van der Waals surface area contributed by atoms with Crippen molar-refractivity contribution in [1.29, 1.82) is 0 Å². The second kappa shape index (κ2) is 4.62. The molecule has 2 N–H and O–H groups in total. The SMILES string of the molecule is O=C(c1cnc[nH]1)N1CCNCc2ccccc21. The highest BCUT2D eigenvalue weighted by Crippen LogP contribution is 2.23. The molecule has 1 aromatic carbocycles. The molecule has 0 radical (unpaired) electrons. The van der Waals surface area contributed by atoms with Crippen LogP contribution in [0.2, 0.25) is 0 Å². The van der Waals surface area contributed by atoms with Crippen LogP contribution < -0.4 is 10.2 Å². The van der Waals surface area contributed by atoms with Crippen molar-refractivity contribution in [2.24, 2.45) is 0 Å². The van der Waals surface area contributed by atoms with Gasteiger partial charge in [-0.2, -0.15) is 0 Å². The summed E-state index contributed by atoms with van der Waals surface area (Å²) in [6, 6.07) is 7.97. The van der Waals surface area contributed by atoms with Crippen LogP contribution in [0, 0.1) is 0 Å². The van der Waals surface area contributed by atoms with Crippen LogP contribution in [0.3, 0.4) is 0 Å². The number of aromatic nitrogens is 2. The summed E-state index contributed by atoms with van der Waals surface area (Å²) in [5.41, 5.74) is 2.64. The van der Waals surface area contributed by atoms with E-state index in [1.165, 1.54) is 6.33 Å².